The maximum absolute atomic E-state index is 10.2. The van der Waals surface area contributed by atoms with Crippen molar-refractivity contribution in [2.45, 2.75) is 6.92 Å². The van der Waals surface area contributed by atoms with Crippen molar-refractivity contribution >= 4 is 20.5 Å². The topological polar surface area (TPSA) is 29.4 Å². The Hall–Kier alpha value is -0.230. The summed E-state index contributed by atoms with van der Waals surface area (Å²) in [5.74, 6) is 0. The molecule has 0 aliphatic heterocycles. The normalized spacial score (nSPS) is 11.6. The van der Waals surface area contributed by atoms with Gasteiger partial charge in [0.15, 0.2) is 5.52 Å². The average Bonchev–Trinajstić information content (AvgIpc) is 1.65. The van der Waals surface area contributed by atoms with Gasteiger partial charge in [-0.2, -0.15) is 0 Å². The number of rotatable bonds is 1. The Labute approximate surface area is 45.2 Å². The number of hydrogen-bond donors (Lipinski definition) is 0. The Morgan fingerprint density at radius 2 is 2.14 bits per heavy atom. The average molecular weight is 117 g/mol. The second kappa shape index (κ2) is 2.86. The Balaban J connectivity index is 3.82. The van der Waals surface area contributed by atoms with Crippen molar-refractivity contribution in [1.29, 1.82) is 0 Å². The molecule has 0 saturated carbocycles. The van der Waals surface area contributed by atoms with E-state index in [1.807, 2.05) is 9.24 Å². The van der Waals surface area contributed by atoms with Crippen molar-refractivity contribution in [3.05, 3.63) is 0 Å². The van der Waals surface area contributed by atoms with Gasteiger partial charge in [-0.05, 0) is 6.92 Å². The number of carbonyl (C=O) groups excluding carboxylic acids is 1. The highest BCUT2D eigenvalue weighted by atomic mass is 31.0. The van der Waals surface area contributed by atoms with E-state index in [0.717, 1.165) is 0 Å². The molecule has 1 unspecified atom stereocenters. The predicted molar refractivity (Wildman–Crippen MR) is 33.8 cm³/mol. The summed E-state index contributed by atoms with van der Waals surface area (Å²) in [5, 5.41) is 0. The molecular formula is C4H8NOP. The fraction of sp³-hybridized carbons (Fsp3) is 0.500. The van der Waals surface area contributed by atoms with E-state index < -0.39 is 0 Å². The highest BCUT2D eigenvalue weighted by molar-refractivity contribution is 7.45. The third-order valence-corrected chi connectivity index (χ3v) is 1.11. The Morgan fingerprint density at radius 1 is 1.71 bits per heavy atom. The van der Waals surface area contributed by atoms with Crippen molar-refractivity contribution in [2.24, 2.45) is 4.99 Å². The number of carbonyl (C=O) groups is 1. The van der Waals surface area contributed by atoms with Gasteiger partial charge in [0, 0.05) is 7.05 Å². The molecule has 0 aliphatic rings. The lowest BCUT2D eigenvalue weighted by Gasteiger charge is -1.84. The highest BCUT2D eigenvalue weighted by Crippen LogP contribution is 1.86. The van der Waals surface area contributed by atoms with Crippen LogP contribution in [0.25, 0.3) is 0 Å². The fourth-order valence-corrected chi connectivity index (χ4v) is 0.239. The molecule has 3 heteroatoms. The molecule has 1 atom stereocenters. The molecule has 0 spiro atoms. The van der Waals surface area contributed by atoms with Gasteiger partial charge in [-0.1, -0.05) is 9.24 Å². The summed E-state index contributed by atoms with van der Waals surface area (Å²) < 4.78 is 0. The summed E-state index contributed by atoms with van der Waals surface area (Å²) in [6.07, 6.45) is 0. The van der Waals surface area contributed by atoms with Gasteiger partial charge in [-0.15, -0.1) is 0 Å². The monoisotopic (exact) mass is 117 g/mol. The maximum Gasteiger partial charge on any atom is 0.191 e. The quantitative estimate of drug-likeness (QED) is 0.362. The van der Waals surface area contributed by atoms with E-state index >= 15 is 0 Å². The van der Waals surface area contributed by atoms with E-state index in [1.54, 1.807) is 14.0 Å². The summed E-state index contributed by atoms with van der Waals surface area (Å²) in [6, 6.07) is 0. The van der Waals surface area contributed by atoms with Gasteiger partial charge in [0.05, 0.1) is 5.71 Å². The molecule has 0 aliphatic carbocycles. The maximum atomic E-state index is 10.2. The molecule has 0 saturated heterocycles. The molecule has 40 valence electrons. The van der Waals surface area contributed by atoms with E-state index in [2.05, 4.69) is 4.99 Å². The third kappa shape index (κ3) is 2.46. The van der Waals surface area contributed by atoms with Crippen molar-refractivity contribution in [1.82, 2.24) is 0 Å². The lowest BCUT2D eigenvalue weighted by molar-refractivity contribution is -0.105. The van der Waals surface area contributed by atoms with Crippen molar-refractivity contribution in [2.75, 3.05) is 7.05 Å². The molecule has 0 aromatic rings. The molecule has 0 heterocycles. The summed E-state index contributed by atoms with van der Waals surface area (Å²) in [7, 11) is 3.64. The van der Waals surface area contributed by atoms with E-state index in [4.69, 9.17) is 0 Å². The standard InChI is InChI=1S/C4H8NOP/c1-3(5-2)4(6)7/h7H2,1-2H3. The predicted octanol–water partition coefficient (Wildman–Crippen LogP) is 0.479. The van der Waals surface area contributed by atoms with Crippen LogP contribution in [0.3, 0.4) is 0 Å². The van der Waals surface area contributed by atoms with E-state index in [9.17, 15) is 4.79 Å². The van der Waals surface area contributed by atoms with Gasteiger partial charge in [-0.25, -0.2) is 0 Å². The molecule has 0 radical (unpaired) electrons. The van der Waals surface area contributed by atoms with Gasteiger partial charge in [0.2, 0.25) is 0 Å². The molecule has 0 fully saturated rings. The molecule has 2 nitrogen and oxygen atoms in total. The first-order chi connectivity index (χ1) is 3.18. The minimum atomic E-state index is -0.0394. The SMILES string of the molecule is CN=C(C)C(=O)P. The van der Waals surface area contributed by atoms with E-state index in [1.165, 1.54) is 0 Å². The minimum absolute atomic E-state index is 0.0394. The van der Waals surface area contributed by atoms with Gasteiger partial charge >= 0.3 is 0 Å². The Kier molecular flexibility index (Phi) is 2.77. The molecule has 0 aromatic heterocycles. The first-order valence-electron chi connectivity index (χ1n) is 1.91. The molecule has 0 amide bonds. The van der Waals surface area contributed by atoms with Crippen LogP contribution in [0.2, 0.25) is 0 Å². The van der Waals surface area contributed by atoms with Gasteiger partial charge in [0.1, 0.15) is 0 Å². The van der Waals surface area contributed by atoms with Crippen LogP contribution < -0.4 is 0 Å². The zero-order valence-corrected chi connectivity index (χ0v) is 5.59. The summed E-state index contributed by atoms with van der Waals surface area (Å²) >= 11 is 0. The number of nitrogens with zero attached hydrogens (tertiary/aromatic N) is 1. The van der Waals surface area contributed by atoms with Crippen molar-refractivity contribution in [3.63, 3.8) is 0 Å². The van der Waals surface area contributed by atoms with Gasteiger partial charge in [-0.3, -0.25) is 9.79 Å². The fourth-order valence-electron chi connectivity index (χ4n) is 0.110. The largest absolute Gasteiger partial charge is 0.289 e. The summed E-state index contributed by atoms with van der Waals surface area (Å²) in [5.41, 5.74) is 0.507. The lowest BCUT2D eigenvalue weighted by atomic mass is 10.5. The molecule has 7 heavy (non-hydrogen) atoms. The van der Waals surface area contributed by atoms with Crippen molar-refractivity contribution in [3.8, 4) is 0 Å². The van der Waals surface area contributed by atoms with Crippen LogP contribution in [0.1, 0.15) is 6.92 Å². The highest BCUT2D eigenvalue weighted by Gasteiger charge is 1.91. The zero-order chi connectivity index (χ0) is 5.86. The minimum Gasteiger partial charge on any atom is -0.289 e. The smallest absolute Gasteiger partial charge is 0.191 e. The second-order valence-corrected chi connectivity index (χ2v) is 1.70. The second-order valence-electron chi connectivity index (χ2n) is 1.17. The van der Waals surface area contributed by atoms with Crippen LogP contribution in [0.5, 0.6) is 0 Å². The van der Waals surface area contributed by atoms with Crippen LogP contribution in [0.4, 0.5) is 0 Å². The van der Waals surface area contributed by atoms with E-state index in [0.29, 0.717) is 5.71 Å². The van der Waals surface area contributed by atoms with Crippen LogP contribution in [0.15, 0.2) is 4.99 Å². The third-order valence-electron chi connectivity index (χ3n) is 0.692. The van der Waals surface area contributed by atoms with Crippen LogP contribution in [-0.4, -0.2) is 18.3 Å². The van der Waals surface area contributed by atoms with Gasteiger partial charge < -0.3 is 0 Å². The molecule has 0 bridgehead atoms. The Morgan fingerprint density at radius 3 is 2.14 bits per heavy atom. The van der Waals surface area contributed by atoms with Gasteiger partial charge in [0.25, 0.3) is 0 Å². The molecule has 0 rings (SSSR count). The summed E-state index contributed by atoms with van der Waals surface area (Å²) in [4.78, 5) is 13.8. The molecule has 0 aromatic carbocycles. The lowest BCUT2D eigenvalue weighted by Crippen LogP contribution is -1.98. The van der Waals surface area contributed by atoms with Crippen LogP contribution in [-0.2, 0) is 4.79 Å². The van der Waals surface area contributed by atoms with Crippen molar-refractivity contribution < 1.29 is 4.79 Å². The number of hydrogen-bond acceptors (Lipinski definition) is 2. The van der Waals surface area contributed by atoms with Crippen LogP contribution >= 0.6 is 9.24 Å². The molecular weight excluding hydrogens is 109 g/mol. The first kappa shape index (κ1) is 6.77. The summed E-state index contributed by atoms with van der Waals surface area (Å²) in [6.45, 7) is 1.68. The Bertz CT molecular complexity index is 108. The number of aliphatic imine (C=N–C) groups is 1. The molecule has 0 N–H and O–H groups in total. The van der Waals surface area contributed by atoms with Crippen LogP contribution in [0, 0.1) is 0 Å². The van der Waals surface area contributed by atoms with E-state index in [-0.39, 0.29) is 5.52 Å². The zero-order valence-electron chi connectivity index (χ0n) is 4.43. The first-order valence-corrected chi connectivity index (χ1v) is 2.49.